The van der Waals surface area contributed by atoms with Gasteiger partial charge in [-0.3, -0.25) is 0 Å². The van der Waals surface area contributed by atoms with E-state index in [2.05, 4.69) is 55.3 Å². The van der Waals surface area contributed by atoms with Gasteiger partial charge >= 0.3 is 0 Å². The largest absolute Gasteiger partial charge is 0.367 e. The molecular weight excluding hydrogens is 196 g/mol. The zero-order chi connectivity index (χ0) is 11.5. The van der Waals surface area contributed by atoms with Gasteiger partial charge in [0.15, 0.2) is 0 Å². The minimum absolute atomic E-state index is 0.575. The Balaban J connectivity index is 2.22. The summed E-state index contributed by atoms with van der Waals surface area (Å²) >= 11 is 0. The van der Waals surface area contributed by atoms with Gasteiger partial charge in [0.05, 0.1) is 0 Å². The number of aryl methyl sites for hydroxylation is 1. The molecule has 0 bridgehead atoms. The first kappa shape index (κ1) is 11.5. The van der Waals surface area contributed by atoms with E-state index in [1.165, 1.54) is 17.7 Å². The van der Waals surface area contributed by atoms with Crippen LogP contribution in [0.15, 0.2) is 24.3 Å². The normalized spacial score (nSPS) is 26.6. The molecule has 0 aliphatic carbocycles. The molecular formula is C14H22N2. The van der Waals surface area contributed by atoms with E-state index in [-0.39, 0.29) is 0 Å². The van der Waals surface area contributed by atoms with E-state index in [1.54, 1.807) is 0 Å². The molecule has 1 aliphatic rings. The van der Waals surface area contributed by atoms with E-state index in [0.717, 1.165) is 13.1 Å². The van der Waals surface area contributed by atoms with Gasteiger partial charge in [0, 0.05) is 24.3 Å². The first-order chi connectivity index (χ1) is 7.66. The van der Waals surface area contributed by atoms with Crippen LogP contribution in [-0.4, -0.2) is 25.2 Å². The molecule has 1 N–H and O–H groups in total. The van der Waals surface area contributed by atoms with Crippen molar-refractivity contribution >= 4 is 5.69 Å². The maximum Gasteiger partial charge on any atom is 0.0371 e. The Morgan fingerprint density at radius 2 is 2.12 bits per heavy atom. The van der Waals surface area contributed by atoms with Crippen molar-refractivity contribution < 1.29 is 0 Å². The number of rotatable bonds is 1. The summed E-state index contributed by atoms with van der Waals surface area (Å²) in [7, 11) is 0. The van der Waals surface area contributed by atoms with Gasteiger partial charge < -0.3 is 10.2 Å². The molecule has 0 amide bonds. The lowest BCUT2D eigenvalue weighted by atomic mass is 10.1. The van der Waals surface area contributed by atoms with Crippen LogP contribution in [0.5, 0.6) is 0 Å². The van der Waals surface area contributed by atoms with E-state index in [0.29, 0.717) is 12.1 Å². The van der Waals surface area contributed by atoms with E-state index in [1.807, 2.05) is 0 Å². The number of hydrogen-bond acceptors (Lipinski definition) is 2. The van der Waals surface area contributed by atoms with Crippen LogP contribution in [0.25, 0.3) is 0 Å². The number of benzene rings is 1. The summed E-state index contributed by atoms with van der Waals surface area (Å²) in [5.74, 6) is 0. The Morgan fingerprint density at radius 3 is 2.88 bits per heavy atom. The third kappa shape index (κ3) is 2.56. The highest BCUT2D eigenvalue weighted by Gasteiger charge is 2.20. The molecule has 88 valence electrons. The Kier molecular flexibility index (Phi) is 3.49. The van der Waals surface area contributed by atoms with Crippen LogP contribution in [0.3, 0.4) is 0 Å². The third-order valence-electron chi connectivity index (χ3n) is 3.39. The van der Waals surface area contributed by atoms with Crippen LogP contribution in [0, 0.1) is 6.92 Å². The first-order valence-corrected chi connectivity index (χ1v) is 6.23. The summed E-state index contributed by atoms with van der Waals surface area (Å²) in [5.41, 5.74) is 2.71. The summed E-state index contributed by atoms with van der Waals surface area (Å²) in [4.78, 5) is 2.53. The van der Waals surface area contributed by atoms with E-state index < -0.39 is 0 Å². The van der Waals surface area contributed by atoms with Gasteiger partial charge in [-0.05, 0) is 51.4 Å². The maximum atomic E-state index is 3.55. The Labute approximate surface area is 98.7 Å². The molecule has 2 nitrogen and oxygen atoms in total. The van der Waals surface area contributed by atoms with Crippen LogP contribution in [0.4, 0.5) is 5.69 Å². The molecule has 0 spiro atoms. The predicted octanol–water partition coefficient (Wildman–Crippen LogP) is 2.57. The second-order valence-electron chi connectivity index (χ2n) is 4.98. The van der Waals surface area contributed by atoms with Crippen molar-refractivity contribution in [2.45, 2.75) is 39.3 Å². The van der Waals surface area contributed by atoms with Gasteiger partial charge in [0.1, 0.15) is 0 Å². The van der Waals surface area contributed by atoms with E-state index >= 15 is 0 Å². The van der Waals surface area contributed by atoms with Crippen LogP contribution in [-0.2, 0) is 0 Å². The summed E-state index contributed by atoms with van der Waals surface area (Å²) in [5, 5.41) is 3.55. The van der Waals surface area contributed by atoms with Crippen molar-refractivity contribution in [1.29, 1.82) is 0 Å². The average molecular weight is 218 g/mol. The lowest BCUT2D eigenvalue weighted by Gasteiger charge is -2.30. The van der Waals surface area contributed by atoms with Crippen LogP contribution < -0.4 is 10.2 Å². The van der Waals surface area contributed by atoms with Crippen molar-refractivity contribution in [3.05, 3.63) is 29.8 Å². The van der Waals surface area contributed by atoms with Gasteiger partial charge in [-0.2, -0.15) is 0 Å². The van der Waals surface area contributed by atoms with E-state index in [4.69, 9.17) is 0 Å². The van der Waals surface area contributed by atoms with Crippen molar-refractivity contribution in [3.63, 3.8) is 0 Å². The fourth-order valence-electron chi connectivity index (χ4n) is 2.40. The quantitative estimate of drug-likeness (QED) is 0.779. The molecule has 0 aromatic heterocycles. The summed E-state index contributed by atoms with van der Waals surface area (Å²) < 4.78 is 0. The number of hydrogen-bond donors (Lipinski definition) is 1. The Hall–Kier alpha value is -1.02. The van der Waals surface area contributed by atoms with Gasteiger partial charge in [0.25, 0.3) is 0 Å². The lowest BCUT2D eigenvalue weighted by molar-refractivity contribution is 0.585. The fraction of sp³-hybridized carbons (Fsp3) is 0.571. The van der Waals surface area contributed by atoms with Crippen LogP contribution in [0.1, 0.15) is 25.8 Å². The molecule has 0 radical (unpaired) electrons. The molecule has 1 fully saturated rings. The van der Waals surface area contributed by atoms with Crippen LogP contribution in [0.2, 0.25) is 0 Å². The number of nitrogens with zero attached hydrogens (tertiary/aromatic N) is 1. The van der Waals surface area contributed by atoms with Crippen molar-refractivity contribution in [1.82, 2.24) is 5.32 Å². The average Bonchev–Trinajstić information content (AvgIpc) is 2.41. The maximum absolute atomic E-state index is 3.55. The minimum atomic E-state index is 0.575. The van der Waals surface area contributed by atoms with Gasteiger partial charge in [-0.25, -0.2) is 0 Å². The zero-order valence-corrected chi connectivity index (χ0v) is 10.5. The molecule has 2 unspecified atom stereocenters. The molecule has 0 saturated carbocycles. The van der Waals surface area contributed by atoms with Crippen LogP contribution >= 0.6 is 0 Å². The summed E-state index contributed by atoms with van der Waals surface area (Å²) in [6, 6.07) is 10.0. The van der Waals surface area contributed by atoms with Gasteiger partial charge in [-0.1, -0.05) is 12.1 Å². The highest BCUT2D eigenvalue weighted by molar-refractivity contribution is 5.49. The second kappa shape index (κ2) is 4.88. The minimum Gasteiger partial charge on any atom is -0.367 e. The van der Waals surface area contributed by atoms with Gasteiger partial charge in [-0.15, -0.1) is 0 Å². The summed E-state index contributed by atoms with van der Waals surface area (Å²) in [6.07, 6.45) is 1.22. The molecule has 16 heavy (non-hydrogen) atoms. The van der Waals surface area contributed by atoms with Crippen molar-refractivity contribution in [3.8, 4) is 0 Å². The standard InChI is InChI=1S/C14H22N2/c1-11-5-4-6-14(9-11)16-10-12(2)15-8-7-13(16)3/h4-6,9,12-13,15H,7-8,10H2,1-3H3. The Morgan fingerprint density at radius 1 is 1.31 bits per heavy atom. The summed E-state index contributed by atoms with van der Waals surface area (Å²) in [6.45, 7) is 8.98. The molecule has 1 saturated heterocycles. The molecule has 1 aromatic rings. The van der Waals surface area contributed by atoms with E-state index in [9.17, 15) is 0 Å². The first-order valence-electron chi connectivity index (χ1n) is 6.23. The molecule has 1 aromatic carbocycles. The molecule has 1 aliphatic heterocycles. The smallest absolute Gasteiger partial charge is 0.0371 e. The topological polar surface area (TPSA) is 15.3 Å². The Bertz CT molecular complexity index is 348. The third-order valence-corrected chi connectivity index (χ3v) is 3.39. The second-order valence-corrected chi connectivity index (χ2v) is 4.98. The van der Waals surface area contributed by atoms with Crippen molar-refractivity contribution in [2.24, 2.45) is 0 Å². The van der Waals surface area contributed by atoms with Crippen molar-refractivity contribution in [2.75, 3.05) is 18.0 Å². The highest BCUT2D eigenvalue weighted by atomic mass is 15.2. The fourth-order valence-corrected chi connectivity index (χ4v) is 2.40. The zero-order valence-electron chi connectivity index (χ0n) is 10.5. The lowest BCUT2D eigenvalue weighted by Crippen LogP contribution is -2.38. The molecule has 2 rings (SSSR count). The SMILES string of the molecule is Cc1cccc(N2CC(C)NCCC2C)c1. The molecule has 1 heterocycles. The van der Waals surface area contributed by atoms with Gasteiger partial charge in [0.2, 0.25) is 0 Å². The molecule has 2 heteroatoms. The molecule has 2 atom stereocenters. The predicted molar refractivity (Wildman–Crippen MR) is 70.1 cm³/mol. The number of nitrogens with one attached hydrogen (secondary N) is 1. The highest BCUT2D eigenvalue weighted by Crippen LogP contribution is 2.21. The monoisotopic (exact) mass is 218 g/mol. The number of anilines is 1.